The molecule has 1 unspecified atom stereocenters. The van der Waals surface area contributed by atoms with Crippen LogP contribution in [-0.2, 0) is 17.7 Å². The zero-order valence-corrected chi connectivity index (χ0v) is 16.3. The van der Waals surface area contributed by atoms with Crippen molar-refractivity contribution in [3.05, 3.63) is 52.3 Å². The van der Waals surface area contributed by atoms with Gasteiger partial charge in [-0.05, 0) is 42.3 Å². The molecule has 2 aromatic heterocycles. The third-order valence-electron chi connectivity index (χ3n) is 3.90. The van der Waals surface area contributed by atoms with E-state index in [0.29, 0.717) is 4.34 Å². The van der Waals surface area contributed by atoms with Gasteiger partial charge in [-0.2, -0.15) is 4.98 Å². The highest BCUT2D eigenvalue weighted by Gasteiger charge is 2.13. The molecular formula is C17H14BrN3OS2. The molecule has 4 aromatic rings. The standard InChI is InChI=1S/C17H14BrN3OS2/c1-10-5-12(18)7-14-16(10)21(9-19-14)8-11-3-4-13-15(6-11)23-17(20-13)24(2)22/h3-7,9H,8H2,1-2H3. The Morgan fingerprint density at radius 1 is 1.25 bits per heavy atom. The highest BCUT2D eigenvalue weighted by Crippen LogP contribution is 2.28. The third kappa shape index (κ3) is 2.86. The van der Waals surface area contributed by atoms with E-state index in [1.165, 1.54) is 22.5 Å². The number of aryl methyl sites for hydroxylation is 1. The van der Waals surface area contributed by atoms with Crippen LogP contribution < -0.4 is 0 Å². The van der Waals surface area contributed by atoms with Gasteiger partial charge in [-0.3, -0.25) is 0 Å². The van der Waals surface area contributed by atoms with Crippen LogP contribution in [0.1, 0.15) is 11.1 Å². The Kier molecular flexibility index (Phi) is 4.12. The lowest BCUT2D eigenvalue weighted by atomic mass is 10.2. The molecule has 1 atom stereocenters. The van der Waals surface area contributed by atoms with Crippen molar-refractivity contribution in [1.82, 2.24) is 14.5 Å². The summed E-state index contributed by atoms with van der Waals surface area (Å²) in [6.07, 6.45) is 3.55. The number of hydrogen-bond donors (Lipinski definition) is 0. The minimum absolute atomic E-state index is 0.677. The number of fused-ring (bicyclic) bond motifs is 2. The number of rotatable bonds is 3. The molecule has 0 aliphatic heterocycles. The zero-order valence-electron chi connectivity index (χ0n) is 13.1. The molecule has 0 radical (unpaired) electrons. The third-order valence-corrected chi connectivity index (χ3v) is 6.71. The normalized spacial score (nSPS) is 13.0. The van der Waals surface area contributed by atoms with E-state index >= 15 is 0 Å². The summed E-state index contributed by atoms with van der Waals surface area (Å²) in [6.45, 7) is 2.85. The first-order valence-electron chi connectivity index (χ1n) is 7.35. The number of halogens is 1. The van der Waals surface area contributed by atoms with Crippen LogP contribution in [0, 0.1) is 6.92 Å². The molecule has 0 fully saturated rings. The van der Waals surface area contributed by atoms with Gasteiger partial charge in [0.1, 0.15) is 6.26 Å². The Balaban J connectivity index is 1.74. The molecule has 4 rings (SSSR count). The van der Waals surface area contributed by atoms with Crippen LogP contribution >= 0.6 is 27.3 Å². The smallest absolute Gasteiger partial charge is 0.302 e. The molecule has 2 aromatic carbocycles. The van der Waals surface area contributed by atoms with Crippen molar-refractivity contribution in [3.63, 3.8) is 0 Å². The van der Waals surface area contributed by atoms with E-state index in [4.69, 9.17) is 0 Å². The van der Waals surface area contributed by atoms with E-state index in [1.807, 2.05) is 18.5 Å². The van der Waals surface area contributed by atoms with Crippen molar-refractivity contribution in [2.45, 2.75) is 17.8 Å². The van der Waals surface area contributed by atoms with Gasteiger partial charge in [-0.15, -0.1) is 0 Å². The van der Waals surface area contributed by atoms with E-state index in [0.717, 1.165) is 32.3 Å². The predicted octanol–water partition coefficient (Wildman–Crippen LogP) is 4.50. The monoisotopic (exact) mass is 419 g/mol. The summed E-state index contributed by atoms with van der Waals surface area (Å²) in [7, 11) is 0. The topological polar surface area (TPSA) is 53.8 Å². The first-order chi connectivity index (χ1) is 11.5. The van der Waals surface area contributed by atoms with Crippen LogP contribution in [0.15, 0.2) is 45.5 Å². The molecule has 0 N–H and O–H groups in total. The van der Waals surface area contributed by atoms with Crippen LogP contribution in [0.4, 0.5) is 0 Å². The fraction of sp³-hybridized carbons (Fsp3) is 0.176. The predicted molar refractivity (Wildman–Crippen MR) is 103 cm³/mol. The largest absolute Gasteiger partial charge is 0.610 e. The van der Waals surface area contributed by atoms with Gasteiger partial charge in [0, 0.05) is 22.2 Å². The number of aromatic nitrogens is 3. The van der Waals surface area contributed by atoms with Gasteiger partial charge >= 0.3 is 4.34 Å². The molecule has 0 aliphatic carbocycles. The van der Waals surface area contributed by atoms with Gasteiger partial charge in [-0.25, -0.2) is 4.98 Å². The molecule has 0 saturated heterocycles. The van der Waals surface area contributed by atoms with Crippen molar-refractivity contribution < 1.29 is 4.55 Å². The van der Waals surface area contributed by atoms with Gasteiger partial charge in [0.15, 0.2) is 0 Å². The van der Waals surface area contributed by atoms with E-state index < -0.39 is 11.2 Å². The Hall–Kier alpha value is -1.41. The second-order valence-electron chi connectivity index (χ2n) is 5.70. The number of thiazole rings is 1. The van der Waals surface area contributed by atoms with Gasteiger partial charge in [0.2, 0.25) is 0 Å². The first kappa shape index (κ1) is 16.1. The molecule has 0 bridgehead atoms. The van der Waals surface area contributed by atoms with Gasteiger partial charge in [0.25, 0.3) is 0 Å². The summed E-state index contributed by atoms with van der Waals surface area (Å²) in [6, 6.07) is 10.3. The van der Waals surface area contributed by atoms with Gasteiger partial charge in [-0.1, -0.05) is 33.3 Å². The quantitative estimate of drug-likeness (QED) is 0.459. The molecule has 4 nitrogen and oxygen atoms in total. The Labute approximate surface area is 154 Å². The van der Waals surface area contributed by atoms with Gasteiger partial charge in [0.05, 0.1) is 27.6 Å². The lowest BCUT2D eigenvalue weighted by molar-refractivity contribution is 0.600. The summed E-state index contributed by atoms with van der Waals surface area (Å²) in [4.78, 5) is 8.93. The summed E-state index contributed by atoms with van der Waals surface area (Å²) < 4.78 is 16.6. The molecular weight excluding hydrogens is 406 g/mol. The Bertz CT molecular complexity index is 1050. The van der Waals surface area contributed by atoms with Crippen LogP contribution in [0.3, 0.4) is 0 Å². The second-order valence-corrected chi connectivity index (χ2v) is 9.20. The molecule has 0 saturated carbocycles. The van der Waals surface area contributed by atoms with Crippen molar-refractivity contribution in [2.24, 2.45) is 0 Å². The fourth-order valence-corrected chi connectivity index (χ4v) is 5.15. The summed E-state index contributed by atoms with van der Waals surface area (Å²) >= 11 is 3.98. The number of nitrogens with zero attached hydrogens (tertiary/aromatic N) is 3. The molecule has 122 valence electrons. The number of imidazole rings is 1. The van der Waals surface area contributed by atoms with Crippen LogP contribution in [-0.4, -0.2) is 25.3 Å². The number of hydrogen-bond acceptors (Lipinski definition) is 4. The summed E-state index contributed by atoms with van der Waals surface area (Å²) in [5.41, 5.74) is 5.42. The lowest BCUT2D eigenvalue weighted by Crippen LogP contribution is -1.99. The summed E-state index contributed by atoms with van der Waals surface area (Å²) in [5.74, 6) is 0. The van der Waals surface area contributed by atoms with E-state index in [-0.39, 0.29) is 0 Å². The Morgan fingerprint density at radius 3 is 2.88 bits per heavy atom. The minimum Gasteiger partial charge on any atom is -0.610 e. The Morgan fingerprint density at radius 2 is 2.08 bits per heavy atom. The van der Waals surface area contributed by atoms with E-state index in [9.17, 15) is 4.55 Å². The average Bonchev–Trinajstić information content (AvgIpc) is 3.11. The second kappa shape index (κ2) is 6.15. The van der Waals surface area contributed by atoms with E-state index in [2.05, 4.69) is 55.6 Å². The molecule has 7 heteroatoms. The van der Waals surface area contributed by atoms with E-state index in [1.54, 1.807) is 6.26 Å². The van der Waals surface area contributed by atoms with Crippen molar-refractivity contribution in [1.29, 1.82) is 0 Å². The van der Waals surface area contributed by atoms with Crippen molar-refractivity contribution in [2.75, 3.05) is 6.26 Å². The molecule has 24 heavy (non-hydrogen) atoms. The molecule has 2 heterocycles. The SMILES string of the molecule is Cc1cc(Br)cc2ncn(Cc3ccc4nc([S+](C)[O-])sc4c3)c12. The van der Waals surface area contributed by atoms with Crippen LogP contribution in [0.5, 0.6) is 0 Å². The lowest BCUT2D eigenvalue weighted by Gasteiger charge is -2.07. The summed E-state index contributed by atoms with van der Waals surface area (Å²) in [5, 5.41) is 0. The first-order valence-corrected chi connectivity index (χ1v) is 10.5. The van der Waals surface area contributed by atoms with Crippen molar-refractivity contribution >= 4 is 59.7 Å². The number of benzene rings is 2. The highest BCUT2D eigenvalue weighted by molar-refractivity contribution is 9.10. The average molecular weight is 420 g/mol. The maximum Gasteiger partial charge on any atom is 0.302 e. The maximum atomic E-state index is 11.6. The molecule has 0 amide bonds. The molecule has 0 spiro atoms. The minimum atomic E-state index is -1.04. The maximum absolute atomic E-state index is 11.6. The van der Waals surface area contributed by atoms with Crippen LogP contribution in [0.2, 0.25) is 0 Å². The van der Waals surface area contributed by atoms with Crippen molar-refractivity contribution in [3.8, 4) is 0 Å². The van der Waals surface area contributed by atoms with Crippen LogP contribution in [0.25, 0.3) is 21.3 Å². The van der Waals surface area contributed by atoms with Gasteiger partial charge < -0.3 is 9.12 Å². The molecule has 0 aliphatic rings. The fourth-order valence-electron chi connectivity index (χ4n) is 2.87. The zero-order chi connectivity index (χ0) is 16.8. The highest BCUT2D eigenvalue weighted by atomic mass is 79.9.